The molecule has 0 aliphatic rings. The van der Waals surface area contributed by atoms with Gasteiger partial charge in [0.2, 0.25) is 0 Å². The maximum Gasteiger partial charge on any atom is 0.278 e. The van der Waals surface area contributed by atoms with Gasteiger partial charge in [-0.3, -0.25) is 4.79 Å². The summed E-state index contributed by atoms with van der Waals surface area (Å²) in [7, 11) is 0. The first-order valence-corrected chi connectivity index (χ1v) is 8.39. The normalized spacial score (nSPS) is 10.6. The van der Waals surface area contributed by atoms with Crippen LogP contribution in [-0.2, 0) is 0 Å². The molecule has 0 saturated heterocycles. The maximum absolute atomic E-state index is 12.5. The number of para-hydroxylation sites is 1. The summed E-state index contributed by atoms with van der Waals surface area (Å²) in [5.74, 6) is -0.302. The molecule has 2 aromatic carbocycles. The molecule has 1 heterocycles. The van der Waals surface area contributed by atoms with Gasteiger partial charge in [-0.1, -0.05) is 34.1 Å². The highest BCUT2D eigenvalue weighted by atomic mass is 79.9. The Hall–Kier alpha value is -1.99. The number of aromatic nitrogens is 3. The van der Waals surface area contributed by atoms with Crippen LogP contribution in [0.4, 0.5) is 5.69 Å². The van der Waals surface area contributed by atoms with Gasteiger partial charge in [0, 0.05) is 8.95 Å². The van der Waals surface area contributed by atoms with E-state index in [0.29, 0.717) is 17.1 Å². The van der Waals surface area contributed by atoms with Crippen molar-refractivity contribution in [3.05, 3.63) is 68.9 Å². The summed E-state index contributed by atoms with van der Waals surface area (Å²) in [5, 5.41) is 11.4. The third-order valence-electron chi connectivity index (χ3n) is 3.16. The van der Waals surface area contributed by atoms with Gasteiger partial charge in [-0.05, 0) is 53.2 Å². The number of carbonyl (C=O) groups excluding carboxylic acids is 1. The zero-order valence-corrected chi connectivity index (χ0v) is 15.3. The molecule has 5 nitrogen and oxygen atoms in total. The van der Waals surface area contributed by atoms with E-state index < -0.39 is 0 Å². The number of hydrogen-bond donors (Lipinski definition) is 1. The highest BCUT2D eigenvalue weighted by Crippen LogP contribution is 2.26. The fraction of sp³-hybridized carbons (Fsp3) is 0.0625. The molecule has 1 amide bonds. The molecule has 1 N–H and O–H groups in total. The molecule has 0 saturated carbocycles. The Morgan fingerprint density at radius 1 is 1.09 bits per heavy atom. The first-order valence-electron chi connectivity index (χ1n) is 6.80. The average Bonchev–Trinajstić information content (AvgIpc) is 2.94. The van der Waals surface area contributed by atoms with Crippen LogP contribution in [-0.4, -0.2) is 20.9 Å². The molecular weight excluding hydrogens is 424 g/mol. The van der Waals surface area contributed by atoms with E-state index in [1.165, 1.54) is 4.80 Å². The standard InChI is InChI=1S/C16H12Br2N4O/c1-10-15(21-22(20-10)12-5-3-2-4-6-12)16(23)19-14-9-11(17)7-8-13(14)18/h2-9H,1H3,(H,19,23). The maximum atomic E-state index is 12.5. The Balaban J connectivity index is 1.88. The molecule has 3 aromatic rings. The summed E-state index contributed by atoms with van der Waals surface area (Å²) < 4.78 is 1.67. The minimum Gasteiger partial charge on any atom is -0.319 e. The molecule has 0 atom stereocenters. The molecule has 0 fully saturated rings. The van der Waals surface area contributed by atoms with Crippen molar-refractivity contribution in [2.45, 2.75) is 6.92 Å². The molecule has 0 aliphatic carbocycles. The van der Waals surface area contributed by atoms with Gasteiger partial charge in [0.1, 0.15) is 0 Å². The van der Waals surface area contributed by atoms with E-state index in [9.17, 15) is 4.79 Å². The van der Waals surface area contributed by atoms with Crippen LogP contribution >= 0.6 is 31.9 Å². The average molecular weight is 436 g/mol. The van der Waals surface area contributed by atoms with Crippen molar-refractivity contribution in [3.63, 3.8) is 0 Å². The second-order valence-electron chi connectivity index (χ2n) is 4.84. The van der Waals surface area contributed by atoms with Crippen LogP contribution < -0.4 is 5.32 Å². The van der Waals surface area contributed by atoms with E-state index in [0.717, 1.165) is 14.6 Å². The second kappa shape index (κ2) is 6.64. The molecule has 1 aromatic heterocycles. The molecule has 0 spiro atoms. The van der Waals surface area contributed by atoms with Gasteiger partial charge in [-0.2, -0.15) is 9.90 Å². The van der Waals surface area contributed by atoms with Gasteiger partial charge in [0.05, 0.1) is 17.1 Å². The third-order valence-corrected chi connectivity index (χ3v) is 4.35. The predicted octanol–water partition coefficient (Wildman–Crippen LogP) is 4.35. The fourth-order valence-electron chi connectivity index (χ4n) is 2.04. The summed E-state index contributed by atoms with van der Waals surface area (Å²) >= 11 is 6.80. The van der Waals surface area contributed by atoms with Crippen molar-refractivity contribution in [3.8, 4) is 5.69 Å². The number of aryl methyl sites for hydroxylation is 1. The molecular formula is C16H12Br2N4O. The lowest BCUT2D eigenvalue weighted by atomic mass is 10.3. The molecule has 0 radical (unpaired) electrons. The first kappa shape index (κ1) is 15.9. The Morgan fingerprint density at radius 2 is 1.83 bits per heavy atom. The van der Waals surface area contributed by atoms with Gasteiger partial charge in [0.25, 0.3) is 5.91 Å². The summed E-state index contributed by atoms with van der Waals surface area (Å²) in [6.07, 6.45) is 0. The van der Waals surface area contributed by atoms with E-state index in [1.54, 1.807) is 6.92 Å². The van der Waals surface area contributed by atoms with Crippen LogP contribution in [0.3, 0.4) is 0 Å². The van der Waals surface area contributed by atoms with Crippen molar-refractivity contribution in [1.29, 1.82) is 0 Å². The van der Waals surface area contributed by atoms with Gasteiger partial charge >= 0.3 is 0 Å². The number of nitrogens with zero attached hydrogens (tertiary/aromatic N) is 3. The van der Waals surface area contributed by atoms with Gasteiger partial charge < -0.3 is 5.32 Å². The second-order valence-corrected chi connectivity index (χ2v) is 6.61. The number of hydrogen-bond acceptors (Lipinski definition) is 3. The Labute approximate surface area is 150 Å². The highest BCUT2D eigenvalue weighted by Gasteiger charge is 2.17. The van der Waals surface area contributed by atoms with Crippen molar-refractivity contribution >= 4 is 43.5 Å². The SMILES string of the molecule is Cc1nn(-c2ccccc2)nc1C(=O)Nc1cc(Br)ccc1Br. The Bertz CT molecular complexity index is 862. The summed E-state index contributed by atoms with van der Waals surface area (Å²) in [4.78, 5) is 13.9. The molecule has 116 valence electrons. The van der Waals surface area contributed by atoms with Crippen LogP contribution in [0.1, 0.15) is 16.2 Å². The Kier molecular flexibility index (Phi) is 4.58. The zero-order valence-electron chi connectivity index (χ0n) is 12.1. The third kappa shape index (κ3) is 3.51. The van der Waals surface area contributed by atoms with Crippen molar-refractivity contribution in [2.75, 3.05) is 5.32 Å². The first-order chi connectivity index (χ1) is 11.0. The van der Waals surface area contributed by atoms with Gasteiger partial charge in [-0.15, -0.1) is 5.10 Å². The molecule has 0 bridgehead atoms. The van der Waals surface area contributed by atoms with E-state index in [1.807, 2.05) is 48.5 Å². The molecule has 3 rings (SSSR count). The van der Waals surface area contributed by atoms with Crippen molar-refractivity contribution in [2.24, 2.45) is 0 Å². The number of halogens is 2. The van der Waals surface area contributed by atoms with Crippen LogP contribution in [0, 0.1) is 6.92 Å². The van der Waals surface area contributed by atoms with E-state index in [-0.39, 0.29) is 5.91 Å². The predicted molar refractivity (Wildman–Crippen MR) is 95.9 cm³/mol. The number of rotatable bonds is 3. The summed E-state index contributed by atoms with van der Waals surface area (Å²) in [6, 6.07) is 15.0. The number of anilines is 1. The monoisotopic (exact) mass is 434 g/mol. The lowest BCUT2D eigenvalue weighted by Crippen LogP contribution is -2.14. The van der Waals surface area contributed by atoms with Gasteiger partial charge in [0.15, 0.2) is 5.69 Å². The lowest BCUT2D eigenvalue weighted by Gasteiger charge is -2.06. The van der Waals surface area contributed by atoms with Crippen LogP contribution in [0.2, 0.25) is 0 Å². The number of amides is 1. The quantitative estimate of drug-likeness (QED) is 0.665. The smallest absolute Gasteiger partial charge is 0.278 e. The molecule has 23 heavy (non-hydrogen) atoms. The van der Waals surface area contributed by atoms with Gasteiger partial charge in [-0.25, -0.2) is 0 Å². The summed E-state index contributed by atoms with van der Waals surface area (Å²) in [6.45, 7) is 1.76. The molecule has 0 unspecified atom stereocenters. The minimum absolute atomic E-state index is 0.292. The van der Waals surface area contributed by atoms with E-state index >= 15 is 0 Å². The fourth-order valence-corrected chi connectivity index (χ4v) is 2.75. The van der Waals surface area contributed by atoms with E-state index in [2.05, 4.69) is 47.4 Å². The topological polar surface area (TPSA) is 59.8 Å². The largest absolute Gasteiger partial charge is 0.319 e. The van der Waals surface area contributed by atoms with Crippen LogP contribution in [0.15, 0.2) is 57.5 Å². The van der Waals surface area contributed by atoms with Crippen LogP contribution in [0.25, 0.3) is 5.69 Å². The number of nitrogens with one attached hydrogen (secondary N) is 1. The zero-order chi connectivity index (χ0) is 16.4. The number of benzene rings is 2. The lowest BCUT2D eigenvalue weighted by molar-refractivity contribution is 0.102. The minimum atomic E-state index is -0.302. The molecule has 0 aliphatic heterocycles. The van der Waals surface area contributed by atoms with E-state index in [4.69, 9.17) is 0 Å². The highest BCUT2D eigenvalue weighted by molar-refractivity contribution is 9.11. The van der Waals surface area contributed by atoms with Crippen molar-refractivity contribution < 1.29 is 4.79 Å². The Morgan fingerprint density at radius 3 is 2.57 bits per heavy atom. The van der Waals surface area contributed by atoms with Crippen LogP contribution in [0.5, 0.6) is 0 Å². The number of carbonyl (C=O) groups is 1. The summed E-state index contributed by atoms with van der Waals surface area (Å²) in [5.41, 5.74) is 2.33. The van der Waals surface area contributed by atoms with Crippen molar-refractivity contribution in [1.82, 2.24) is 15.0 Å². The molecule has 7 heteroatoms.